The maximum atomic E-state index is 4.47. The minimum Gasteiger partial charge on any atom is -0.269 e. The lowest BCUT2D eigenvalue weighted by molar-refractivity contribution is 0.472. The predicted octanol–water partition coefficient (Wildman–Crippen LogP) is 2.46. The summed E-state index contributed by atoms with van der Waals surface area (Å²) >= 11 is 0. The first-order chi connectivity index (χ1) is 5.52. The van der Waals surface area contributed by atoms with Crippen LogP contribution in [0, 0.1) is 26.7 Å². The minimum atomic E-state index is 0.669. The van der Waals surface area contributed by atoms with Gasteiger partial charge in [0.25, 0.3) is 0 Å². The summed E-state index contributed by atoms with van der Waals surface area (Å²) in [6.45, 7) is 11.8. The highest BCUT2D eigenvalue weighted by molar-refractivity contribution is 5.22. The molecular formula is C10H18N2. The van der Waals surface area contributed by atoms with Gasteiger partial charge in [0.2, 0.25) is 0 Å². The van der Waals surface area contributed by atoms with Crippen LogP contribution in [0.2, 0.25) is 0 Å². The Kier molecular flexibility index (Phi) is 2.55. The zero-order chi connectivity index (χ0) is 9.30. The lowest BCUT2D eigenvalue weighted by atomic mass is 10.2. The van der Waals surface area contributed by atoms with Crippen molar-refractivity contribution in [1.29, 1.82) is 0 Å². The number of rotatable bonds is 2. The van der Waals surface area contributed by atoms with Gasteiger partial charge in [-0.1, -0.05) is 13.8 Å². The largest absolute Gasteiger partial charge is 0.269 e. The van der Waals surface area contributed by atoms with Crippen molar-refractivity contribution >= 4 is 0 Å². The van der Waals surface area contributed by atoms with Crippen molar-refractivity contribution < 1.29 is 0 Å². The van der Waals surface area contributed by atoms with E-state index in [0.29, 0.717) is 5.92 Å². The van der Waals surface area contributed by atoms with E-state index in [9.17, 15) is 0 Å². The number of aromatic nitrogens is 2. The fourth-order valence-corrected chi connectivity index (χ4v) is 1.31. The molecule has 1 rings (SSSR count). The van der Waals surface area contributed by atoms with Gasteiger partial charge in [0, 0.05) is 12.2 Å². The van der Waals surface area contributed by atoms with Gasteiger partial charge >= 0.3 is 0 Å². The molecule has 0 aromatic carbocycles. The van der Waals surface area contributed by atoms with Crippen molar-refractivity contribution in [3.63, 3.8) is 0 Å². The molecular weight excluding hydrogens is 148 g/mol. The van der Waals surface area contributed by atoms with Gasteiger partial charge in [0.1, 0.15) is 0 Å². The Morgan fingerprint density at radius 1 is 1.25 bits per heavy atom. The first-order valence-corrected chi connectivity index (χ1v) is 4.53. The number of aryl methyl sites for hydroxylation is 1. The van der Waals surface area contributed by atoms with Crippen LogP contribution in [0.5, 0.6) is 0 Å². The summed E-state index contributed by atoms with van der Waals surface area (Å²) in [5, 5.41) is 4.47. The van der Waals surface area contributed by atoms with Gasteiger partial charge in [0.05, 0.1) is 5.69 Å². The Labute approximate surface area is 74.6 Å². The highest BCUT2D eigenvalue weighted by Crippen LogP contribution is 2.12. The van der Waals surface area contributed by atoms with Gasteiger partial charge in [-0.05, 0) is 32.3 Å². The van der Waals surface area contributed by atoms with Gasteiger partial charge in [-0.2, -0.15) is 5.10 Å². The summed E-state index contributed by atoms with van der Waals surface area (Å²) < 4.78 is 2.11. The monoisotopic (exact) mass is 166 g/mol. The van der Waals surface area contributed by atoms with E-state index < -0.39 is 0 Å². The molecule has 0 fully saturated rings. The molecule has 0 aliphatic carbocycles. The highest BCUT2D eigenvalue weighted by atomic mass is 15.3. The Balaban J connectivity index is 2.93. The van der Waals surface area contributed by atoms with E-state index in [-0.39, 0.29) is 0 Å². The van der Waals surface area contributed by atoms with E-state index in [2.05, 4.69) is 44.4 Å². The molecule has 0 unspecified atom stereocenters. The van der Waals surface area contributed by atoms with Crippen molar-refractivity contribution in [1.82, 2.24) is 9.78 Å². The molecule has 2 nitrogen and oxygen atoms in total. The van der Waals surface area contributed by atoms with Gasteiger partial charge in [-0.15, -0.1) is 0 Å². The molecule has 0 atom stereocenters. The van der Waals surface area contributed by atoms with E-state index in [1.165, 1.54) is 11.3 Å². The number of hydrogen-bond acceptors (Lipinski definition) is 1. The quantitative estimate of drug-likeness (QED) is 0.660. The third kappa shape index (κ3) is 1.68. The van der Waals surface area contributed by atoms with Crippen LogP contribution in [0.1, 0.15) is 30.8 Å². The fraction of sp³-hybridized carbons (Fsp3) is 0.700. The molecule has 0 bridgehead atoms. The smallest absolute Gasteiger partial charge is 0.0625 e. The molecule has 0 spiro atoms. The first-order valence-electron chi connectivity index (χ1n) is 4.53. The van der Waals surface area contributed by atoms with Crippen LogP contribution < -0.4 is 0 Å². The first kappa shape index (κ1) is 9.30. The third-order valence-corrected chi connectivity index (χ3v) is 2.28. The van der Waals surface area contributed by atoms with Gasteiger partial charge in [0.15, 0.2) is 0 Å². The van der Waals surface area contributed by atoms with Crippen molar-refractivity contribution in [2.75, 3.05) is 0 Å². The van der Waals surface area contributed by atoms with E-state index in [0.717, 1.165) is 12.2 Å². The van der Waals surface area contributed by atoms with Crippen molar-refractivity contribution in [3.05, 3.63) is 17.0 Å². The van der Waals surface area contributed by atoms with Crippen molar-refractivity contribution in [2.24, 2.45) is 5.92 Å². The Morgan fingerprint density at radius 2 is 1.83 bits per heavy atom. The van der Waals surface area contributed by atoms with Crippen LogP contribution in [0.25, 0.3) is 0 Å². The van der Waals surface area contributed by atoms with E-state index >= 15 is 0 Å². The molecule has 0 N–H and O–H groups in total. The SMILES string of the molecule is Cc1nn(CC(C)C)c(C)c1C. The molecule has 0 amide bonds. The van der Waals surface area contributed by atoms with Gasteiger partial charge in [-0.25, -0.2) is 0 Å². The van der Waals surface area contributed by atoms with E-state index in [1.54, 1.807) is 0 Å². The topological polar surface area (TPSA) is 17.8 Å². The maximum absolute atomic E-state index is 4.47. The zero-order valence-corrected chi connectivity index (χ0v) is 8.68. The van der Waals surface area contributed by atoms with E-state index in [4.69, 9.17) is 0 Å². The second-order valence-corrected chi connectivity index (χ2v) is 3.87. The van der Waals surface area contributed by atoms with Crippen LogP contribution in [-0.2, 0) is 6.54 Å². The molecule has 12 heavy (non-hydrogen) atoms. The molecule has 2 heteroatoms. The van der Waals surface area contributed by atoms with Crippen LogP contribution in [-0.4, -0.2) is 9.78 Å². The van der Waals surface area contributed by atoms with Gasteiger partial charge in [-0.3, -0.25) is 4.68 Å². The standard InChI is InChI=1S/C10H18N2/c1-7(2)6-12-10(5)8(3)9(4)11-12/h7H,6H2,1-5H3. The van der Waals surface area contributed by atoms with Crippen LogP contribution in [0.15, 0.2) is 0 Å². The summed E-state index contributed by atoms with van der Waals surface area (Å²) in [7, 11) is 0. The Morgan fingerprint density at radius 3 is 2.17 bits per heavy atom. The summed E-state index contributed by atoms with van der Waals surface area (Å²) in [6, 6.07) is 0. The average Bonchev–Trinajstić information content (AvgIpc) is 2.17. The molecule has 1 aromatic rings. The summed E-state index contributed by atoms with van der Waals surface area (Å²) in [6.07, 6.45) is 0. The molecule has 0 aliphatic rings. The molecule has 1 heterocycles. The minimum absolute atomic E-state index is 0.669. The fourth-order valence-electron chi connectivity index (χ4n) is 1.31. The molecule has 1 aromatic heterocycles. The van der Waals surface area contributed by atoms with E-state index in [1.807, 2.05) is 0 Å². The second kappa shape index (κ2) is 3.30. The second-order valence-electron chi connectivity index (χ2n) is 3.87. The molecule has 68 valence electrons. The maximum Gasteiger partial charge on any atom is 0.0625 e. The molecule has 0 saturated carbocycles. The van der Waals surface area contributed by atoms with Crippen molar-refractivity contribution in [2.45, 2.75) is 41.2 Å². The average molecular weight is 166 g/mol. The highest BCUT2D eigenvalue weighted by Gasteiger charge is 2.07. The Hall–Kier alpha value is -0.790. The lowest BCUT2D eigenvalue weighted by Crippen LogP contribution is -2.07. The number of nitrogens with zero attached hydrogens (tertiary/aromatic N) is 2. The van der Waals surface area contributed by atoms with Crippen LogP contribution >= 0.6 is 0 Å². The van der Waals surface area contributed by atoms with Crippen molar-refractivity contribution in [3.8, 4) is 0 Å². The van der Waals surface area contributed by atoms with Crippen LogP contribution in [0.3, 0.4) is 0 Å². The summed E-state index contributed by atoms with van der Waals surface area (Å²) in [5.74, 6) is 0.669. The zero-order valence-electron chi connectivity index (χ0n) is 8.68. The normalized spacial score (nSPS) is 11.2. The third-order valence-electron chi connectivity index (χ3n) is 2.28. The number of hydrogen-bond donors (Lipinski definition) is 0. The molecule has 0 radical (unpaired) electrons. The molecule has 0 saturated heterocycles. The summed E-state index contributed by atoms with van der Waals surface area (Å²) in [4.78, 5) is 0. The predicted molar refractivity (Wildman–Crippen MR) is 51.3 cm³/mol. The Bertz CT molecular complexity index is 272. The molecule has 0 aliphatic heterocycles. The summed E-state index contributed by atoms with van der Waals surface area (Å²) in [5.41, 5.74) is 3.80. The van der Waals surface area contributed by atoms with Crippen LogP contribution in [0.4, 0.5) is 0 Å². The lowest BCUT2D eigenvalue weighted by Gasteiger charge is -2.06. The van der Waals surface area contributed by atoms with Gasteiger partial charge < -0.3 is 0 Å².